The van der Waals surface area contributed by atoms with Crippen LogP contribution >= 0.6 is 11.6 Å². The highest BCUT2D eigenvalue weighted by molar-refractivity contribution is 6.30. The highest BCUT2D eigenvalue weighted by Crippen LogP contribution is 2.22. The number of halogens is 3. The number of nitrogens with one attached hydrogen (secondary N) is 1. The maximum Gasteiger partial charge on any atom is 0.282 e. The number of aromatic nitrogens is 4. The predicted molar refractivity (Wildman–Crippen MR) is 103 cm³/mol. The molecule has 3 rings (SSSR count). The van der Waals surface area contributed by atoms with Gasteiger partial charge in [0.2, 0.25) is 5.91 Å². The first kappa shape index (κ1) is 20.0. The first-order valence-electron chi connectivity index (χ1n) is 8.65. The summed E-state index contributed by atoms with van der Waals surface area (Å²) in [7, 11) is 0. The number of benzene rings is 1. The van der Waals surface area contributed by atoms with Crippen molar-refractivity contribution in [2.24, 2.45) is 0 Å². The molecule has 3 aromatic rings. The van der Waals surface area contributed by atoms with Gasteiger partial charge in [0.15, 0.2) is 0 Å². The maximum atomic E-state index is 12.8. The summed E-state index contributed by atoms with van der Waals surface area (Å²) < 4.78 is 28.6. The molecule has 28 heavy (non-hydrogen) atoms. The minimum absolute atomic E-state index is 0.153. The lowest BCUT2D eigenvalue weighted by Gasteiger charge is -2.08. The monoisotopic (exact) mass is 407 g/mol. The Morgan fingerprint density at radius 2 is 1.82 bits per heavy atom. The molecule has 0 atom stereocenters. The summed E-state index contributed by atoms with van der Waals surface area (Å²) in [5.74, 6) is -0.357. The Labute approximate surface area is 166 Å². The quantitative estimate of drug-likeness (QED) is 0.663. The molecule has 0 aliphatic rings. The van der Waals surface area contributed by atoms with Gasteiger partial charge in [0.1, 0.15) is 12.2 Å². The summed E-state index contributed by atoms with van der Waals surface area (Å²) >= 11 is 5.91. The lowest BCUT2D eigenvalue weighted by molar-refractivity contribution is -0.117. The molecule has 0 bridgehead atoms. The van der Waals surface area contributed by atoms with E-state index in [9.17, 15) is 13.6 Å². The van der Waals surface area contributed by atoms with Crippen LogP contribution in [0.15, 0.2) is 30.3 Å². The molecular formula is C19H20ClF2N5O. The highest BCUT2D eigenvalue weighted by atomic mass is 35.5. The van der Waals surface area contributed by atoms with Gasteiger partial charge in [-0.25, -0.2) is 8.78 Å². The van der Waals surface area contributed by atoms with Crippen LogP contribution < -0.4 is 5.32 Å². The standard InChI is InChI=1S/C19H20ClF2N5O/c1-11-8-16(19(21)22)25-26(11)10-17(28)23-18-12(2)24-27(13(18)3)9-14-4-6-15(20)7-5-14/h4-8,19H,9-10H2,1-3H3,(H,23,28). The van der Waals surface area contributed by atoms with Gasteiger partial charge in [-0.3, -0.25) is 14.2 Å². The van der Waals surface area contributed by atoms with Crippen LogP contribution in [0.4, 0.5) is 14.5 Å². The van der Waals surface area contributed by atoms with Crippen molar-refractivity contribution in [1.29, 1.82) is 0 Å². The molecule has 0 unspecified atom stereocenters. The minimum Gasteiger partial charge on any atom is -0.321 e. The number of anilines is 1. The third-order valence-electron chi connectivity index (χ3n) is 4.41. The van der Waals surface area contributed by atoms with E-state index in [0.29, 0.717) is 28.6 Å². The van der Waals surface area contributed by atoms with Crippen molar-refractivity contribution in [3.8, 4) is 0 Å². The van der Waals surface area contributed by atoms with Crippen LogP contribution in [-0.4, -0.2) is 25.5 Å². The van der Waals surface area contributed by atoms with Crippen LogP contribution in [0.3, 0.4) is 0 Å². The fourth-order valence-electron chi connectivity index (χ4n) is 2.91. The zero-order chi connectivity index (χ0) is 20.4. The van der Waals surface area contributed by atoms with Crippen molar-refractivity contribution < 1.29 is 13.6 Å². The third kappa shape index (κ3) is 4.39. The Kier molecular flexibility index (Phi) is 5.79. The van der Waals surface area contributed by atoms with Gasteiger partial charge < -0.3 is 5.32 Å². The molecule has 0 fully saturated rings. The summed E-state index contributed by atoms with van der Waals surface area (Å²) in [5, 5.41) is 11.7. The van der Waals surface area contributed by atoms with E-state index in [1.54, 1.807) is 18.5 Å². The number of carbonyl (C=O) groups excluding carboxylic acids is 1. The minimum atomic E-state index is -2.67. The average molecular weight is 408 g/mol. The Hall–Kier alpha value is -2.74. The number of rotatable bonds is 6. The number of nitrogens with zero attached hydrogens (tertiary/aromatic N) is 4. The molecule has 6 nitrogen and oxygen atoms in total. The van der Waals surface area contributed by atoms with E-state index in [0.717, 1.165) is 11.3 Å². The second kappa shape index (κ2) is 8.10. The molecular weight excluding hydrogens is 388 g/mol. The Balaban J connectivity index is 1.72. The van der Waals surface area contributed by atoms with Crippen molar-refractivity contribution in [2.75, 3.05) is 5.32 Å². The first-order valence-corrected chi connectivity index (χ1v) is 9.03. The molecule has 9 heteroatoms. The normalized spacial score (nSPS) is 11.2. The van der Waals surface area contributed by atoms with Gasteiger partial charge in [-0.05, 0) is 44.5 Å². The smallest absolute Gasteiger partial charge is 0.282 e. The molecule has 0 aliphatic heterocycles. The fourth-order valence-corrected chi connectivity index (χ4v) is 3.04. The van der Waals surface area contributed by atoms with Crippen molar-refractivity contribution in [2.45, 2.75) is 40.3 Å². The van der Waals surface area contributed by atoms with Crippen molar-refractivity contribution in [3.05, 3.63) is 63.7 Å². The van der Waals surface area contributed by atoms with Crippen LogP contribution in [-0.2, 0) is 17.9 Å². The van der Waals surface area contributed by atoms with E-state index in [2.05, 4.69) is 15.5 Å². The summed E-state index contributed by atoms with van der Waals surface area (Å²) in [6, 6.07) is 8.73. The summed E-state index contributed by atoms with van der Waals surface area (Å²) in [5.41, 5.74) is 3.26. The second-order valence-electron chi connectivity index (χ2n) is 6.55. The summed E-state index contributed by atoms with van der Waals surface area (Å²) in [6.45, 7) is 5.68. The largest absolute Gasteiger partial charge is 0.321 e. The number of hydrogen-bond donors (Lipinski definition) is 1. The van der Waals surface area contributed by atoms with E-state index in [1.165, 1.54) is 10.7 Å². The highest BCUT2D eigenvalue weighted by Gasteiger charge is 2.18. The van der Waals surface area contributed by atoms with Crippen LogP contribution in [0.1, 0.15) is 34.8 Å². The second-order valence-corrected chi connectivity index (χ2v) is 6.98. The molecule has 1 amide bonds. The van der Waals surface area contributed by atoms with Crippen molar-refractivity contribution >= 4 is 23.2 Å². The van der Waals surface area contributed by atoms with Gasteiger partial charge in [-0.15, -0.1) is 0 Å². The van der Waals surface area contributed by atoms with E-state index in [1.807, 2.05) is 31.2 Å². The van der Waals surface area contributed by atoms with Gasteiger partial charge in [-0.2, -0.15) is 10.2 Å². The molecule has 1 aromatic carbocycles. The van der Waals surface area contributed by atoms with Crippen LogP contribution in [0.25, 0.3) is 0 Å². The van der Waals surface area contributed by atoms with Gasteiger partial charge in [0.05, 0.1) is 23.6 Å². The number of carbonyl (C=O) groups is 1. The van der Waals surface area contributed by atoms with E-state index >= 15 is 0 Å². The first-order chi connectivity index (χ1) is 13.2. The zero-order valence-corrected chi connectivity index (χ0v) is 16.5. The topological polar surface area (TPSA) is 64.7 Å². The number of hydrogen-bond acceptors (Lipinski definition) is 3. The van der Waals surface area contributed by atoms with Gasteiger partial charge in [0.25, 0.3) is 6.43 Å². The van der Waals surface area contributed by atoms with E-state index < -0.39 is 6.43 Å². The number of aryl methyl sites for hydroxylation is 2. The van der Waals surface area contributed by atoms with Crippen LogP contribution in [0, 0.1) is 20.8 Å². The summed E-state index contributed by atoms with van der Waals surface area (Å²) in [6.07, 6.45) is -2.67. The lowest BCUT2D eigenvalue weighted by Crippen LogP contribution is -2.21. The molecule has 0 spiro atoms. The molecule has 0 saturated carbocycles. The Morgan fingerprint density at radius 1 is 1.14 bits per heavy atom. The molecule has 0 aliphatic carbocycles. The Morgan fingerprint density at radius 3 is 2.43 bits per heavy atom. The fraction of sp³-hybridized carbons (Fsp3) is 0.316. The van der Waals surface area contributed by atoms with Gasteiger partial charge in [-0.1, -0.05) is 23.7 Å². The van der Waals surface area contributed by atoms with Gasteiger partial charge >= 0.3 is 0 Å². The lowest BCUT2D eigenvalue weighted by atomic mass is 10.2. The van der Waals surface area contributed by atoms with E-state index in [-0.39, 0.29) is 18.1 Å². The van der Waals surface area contributed by atoms with Gasteiger partial charge in [0, 0.05) is 10.7 Å². The van der Waals surface area contributed by atoms with Crippen molar-refractivity contribution in [1.82, 2.24) is 19.6 Å². The number of amides is 1. The molecule has 2 heterocycles. The third-order valence-corrected chi connectivity index (χ3v) is 4.66. The molecule has 2 aromatic heterocycles. The molecule has 0 radical (unpaired) electrons. The van der Waals surface area contributed by atoms with E-state index in [4.69, 9.17) is 11.6 Å². The Bertz CT molecular complexity index is 995. The number of alkyl halides is 2. The molecule has 148 valence electrons. The predicted octanol–water partition coefficient (Wildman–Crippen LogP) is 4.28. The SMILES string of the molecule is Cc1nn(Cc2ccc(Cl)cc2)c(C)c1NC(=O)Cn1nc(C(F)F)cc1C. The van der Waals surface area contributed by atoms with Crippen LogP contribution in [0.2, 0.25) is 5.02 Å². The van der Waals surface area contributed by atoms with Crippen molar-refractivity contribution in [3.63, 3.8) is 0 Å². The zero-order valence-electron chi connectivity index (χ0n) is 15.7. The molecule has 1 N–H and O–H groups in total. The summed E-state index contributed by atoms with van der Waals surface area (Å²) in [4.78, 5) is 12.4. The maximum absolute atomic E-state index is 12.8. The van der Waals surface area contributed by atoms with Crippen LogP contribution in [0.5, 0.6) is 0 Å². The average Bonchev–Trinajstić information content (AvgIpc) is 3.12. The molecule has 0 saturated heterocycles.